The van der Waals surface area contributed by atoms with Crippen molar-refractivity contribution in [1.29, 1.82) is 0 Å². The molecule has 26 heavy (non-hydrogen) atoms. The van der Waals surface area contributed by atoms with Gasteiger partial charge in [0, 0.05) is 5.56 Å². The van der Waals surface area contributed by atoms with Crippen molar-refractivity contribution in [2.45, 2.75) is 6.04 Å². The summed E-state index contributed by atoms with van der Waals surface area (Å²) >= 11 is 0. The molecule has 2 N–H and O–H groups in total. The van der Waals surface area contributed by atoms with Crippen LogP contribution in [0.3, 0.4) is 0 Å². The molecule has 0 bridgehead atoms. The number of carbonyl (C=O) groups excluding carboxylic acids is 2. The van der Waals surface area contributed by atoms with Crippen molar-refractivity contribution in [3.8, 4) is 0 Å². The monoisotopic (exact) mass is 347 g/mol. The summed E-state index contributed by atoms with van der Waals surface area (Å²) < 4.78 is 4.61. The normalized spacial score (nSPS) is 12.5. The van der Waals surface area contributed by atoms with Gasteiger partial charge < -0.3 is 15.2 Å². The van der Waals surface area contributed by atoms with E-state index in [1.54, 1.807) is 6.07 Å². The molecule has 4 aromatic rings. The van der Waals surface area contributed by atoms with Crippen LogP contribution in [0.1, 0.15) is 10.4 Å². The van der Waals surface area contributed by atoms with Crippen molar-refractivity contribution in [2.24, 2.45) is 0 Å². The van der Waals surface area contributed by atoms with Crippen LogP contribution in [0.5, 0.6) is 0 Å². The molecule has 130 valence electrons. The summed E-state index contributed by atoms with van der Waals surface area (Å²) in [5.41, 5.74) is 0.457. The van der Waals surface area contributed by atoms with E-state index in [1.165, 1.54) is 7.11 Å². The largest absolute Gasteiger partial charge is 0.467 e. The van der Waals surface area contributed by atoms with Crippen molar-refractivity contribution in [3.63, 3.8) is 0 Å². The molecular formula is C21H17NO4. The summed E-state index contributed by atoms with van der Waals surface area (Å²) in [6, 6.07) is 16.7. The van der Waals surface area contributed by atoms with Crippen LogP contribution in [-0.2, 0) is 9.53 Å². The first-order chi connectivity index (χ1) is 12.6. The zero-order valence-electron chi connectivity index (χ0n) is 14.2. The lowest BCUT2D eigenvalue weighted by Crippen LogP contribution is -2.44. The van der Waals surface area contributed by atoms with Crippen LogP contribution < -0.4 is 5.32 Å². The maximum Gasteiger partial charge on any atom is 0.330 e. The van der Waals surface area contributed by atoms with Crippen LogP contribution in [-0.4, -0.2) is 36.7 Å². The topological polar surface area (TPSA) is 75.6 Å². The van der Waals surface area contributed by atoms with Gasteiger partial charge in [-0.2, -0.15) is 0 Å². The minimum atomic E-state index is -1.09. The molecule has 0 aromatic heterocycles. The minimum Gasteiger partial charge on any atom is -0.467 e. The minimum absolute atomic E-state index is 0.424. The summed E-state index contributed by atoms with van der Waals surface area (Å²) in [7, 11) is 1.22. The molecule has 0 saturated heterocycles. The van der Waals surface area contributed by atoms with E-state index in [4.69, 9.17) is 0 Å². The number of carbonyl (C=O) groups is 2. The second-order valence-electron chi connectivity index (χ2n) is 6.20. The highest BCUT2D eigenvalue weighted by Crippen LogP contribution is 2.35. The highest BCUT2D eigenvalue weighted by Gasteiger charge is 2.22. The standard InChI is InChI=1S/C21H17NO4/c1-26-21(25)17(11-23)22-20(24)16-10-8-14-6-5-12-3-2-4-13-7-9-15(16)19(14)18(12)13/h2-10,17,23H,11H2,1H3,(H,22,24). The molecule has 1 atom stereocenters. The molecule has 0 aliphatic rings. The number of ether oxygens (including phenoxy) is 1. The molecule has 0 saturated carbocycles. The van der Waals surface area contributed by atoms with Gasteiger partial charge in [-0.05, 0) is 38.4 Å². The van der Waals surface area contributed by atoms with Crippen LogP contribution in [0, 0.1) is 0 Å². The van der Waals surface area contributed by atoms with Gasteiger partial charge in [-0.1, -0.05) is 48.5 Å². The Balaban J connectivity index is 1.88. The van der Waals surface area contributed by atoms with Crippen molar-refractivity contribution in [3.05, 3.63) is 60.2 Å². The first-order valence-corrected chi connectivity index (χ1v) is 8.30. The molecule has 0 radical (unpaired) electrons. The Kier molecular flexibility index (Phi) is 3.93. The maximum atomic E-state index is 12.8. The zero-order valence-corrected chi connectivity index (χ0v) is 14.2. The van der Waals surface area contributed by atoms with Crippen molar-refractivity contribution < 1.29 is 19.4 Å². The highest BCUT2D eigenvalue weighted by molar-refractivity contribution is 6.26. The number of benzene rings is 4. The third kappa shape index (κ3) is 2.45. The van der Waals surface area contributed by atoms with Gasteiger partial charge >= 0.3 is 5.97 Å². The molecule has 0 fully saturated rings. The van der Waals surface area contributed by atoms with Gasteiger partial charge in [-0.25, -0.2) is 4.79 Å². The van der Waals surface area contributed by atoms with E-state index in [1.807, 2.05) is 42.5 Å². The molecule has 4 aromatic carbocycles. The summed E-state index contributed by atoms with van der Waals surface area (Å²) in [4.78, 5) is 24.4. The summed E-state index contributed by atoms with van der Waals surface area (Å²) in [6.07, 6.45) is 0. The number of esters is 1. The summed E-state index contributed by atoms with van der Waals surface area (Å²) in [5, 5.41) is 18.1. The predicted octanol–water partition coefficient (Wildman–Crippen LogP) is 2.85. The summed E-state index contributed by atoms with van der Waals surface area (Å²) in [6.45, 7) is -0.524. The third-order valence-corrected chi connectivity index (χ3v) is 4.75. The fraction of sp³-hybridized carbons (Fsp3) is 0.143. The second-order valence-corrected chi connectivity index (χ2v) is 6.20. The van der Waals surface area contributed by atoms with E-state index in [-0.39, 0.29) is 0 Å². The molecular weight excluding hydrogens is 330 g/mol. The zero-order chi connectivity index (χ0) is 18.3. The van der Waals surface area contributed by atoms with Crippen LogP contribution in [0.15, 0.2) is 54.6 Å². The number of hydrogen-bond acceptors (Lipinski definition) is 4. The molecule has 0 aliphatic carbocycles. The fourth-order valence-electron chi connectivity index (χ4n) is 3.49. The predicted molar refractivity (Wildman–Crippen MR) is 101 cm³/mol. The van der Waals surface area contributed by atoms with Gasteiger partial charge in [-0.15, -0.1) is 0 Å². The van der Waals surface area contributed by atoms with E-state index in [9.17, 15) is 14.7 Å². The number of rotatable bonds is 4. The molecule has 1 amide bonds. The van der Waals surface area contributed by atoms with Crippen molar-refractivity contribution in [2.75, 3.05) is 13.7 Å². The number of methoxy groups -OCH3 is 1. The highest BCUT2D eigenvalue weighted by atomic mass is 16.5. The van der Waals surface area contributed by atoms with Crippen LogP contribution in [0.4, 0.5) is 0 Å². The number of nitrogens with one attached hydrogen (secondary N) is 1. The molecule has 0 heterocycles. The number of aliphatic hydroxyl groups is 1. The van der Waals surface area contributed by atoms with Crippen LogP contribution >= 0.6 is 0 Å². The van der Waals surface area contributed by atoms with Crippen molar-refractivity contribution in [1.82, 2.24) is 5.32 Å². The molecule has 4 rings (SSSR count). The molecule has 5 nitrogen and oxygen atoms in total. The second kappa shape index (κ2) is 6.28. The van der Waals surface area contributed by atoms with Gasteiger partial charge in [0.2, 0.25) is 0 Å². The Morgan fingerprint density at radius 1 is 0.962 bits per heavy atom. The van der Waals surface area contributed by atoms with Crippen molar-refractivity contribution >= 4 is 44.2 Å². The third-order valence-electron chi connectivity index (χ3n) is 4.75. The summed E-state index contributed by atoms with van der Waals surface area (Å²) in [5.74, 6) is -1.11. The van der Waals surface area contributed by atoms with E-state index in [0.29, 0.717) is 5.56 Å². The lowest BCUT2D eigenvalue weighted by Gasteiger charge is -2.16. The van der Waals surface area contributed by atoms with Gasteiger partial charge in [0.25, 0.3) is 5.91 Å². The quantitative estimate of drug-likeness (QED) is 0.440. The fourth-order valence-corrected chi connectivity index (χ4v) is 3.49. The average molecular weight is 347 g/mol. The van der Waals surface area contributed by atoms with Gasteiger partial charge in [0.1, 0.15) is 0 Å². The number of aliphatic hydroxyl groups excluding tert-OH is 1. The van der Waals surface area contributed by atoms with E-state index in [2.05, 4.69) is 16.1 Å². The van der Waals surface area contributed by atoms with E-state index in [0.717, 1.165) is 32.3 Å². The molecule has 0 spiro atoms. The Morgan fingerprint density at radius 3 is 2.23 bits per heavy atom. The average Bonchev–Trinajstić information content (AvgIpc) is 2.69. The lowest BCUT2D eigenvalue weighted by molar-refractivity contribution is -0.143. The molecule has 1 unspecified atom stereocenters. The smallest absolute Gasteiger partial charge is 0.330 e. The Morgan fingerprint density at radius 2 is 1.58 bits per heavy atom. The first kappa shape index (κ1) is 16.3. The molecule has 0 aliphatic heterocycles. The van der Waals surface area contributed by atoms with E-state index >= 15 is 0 Å². The van der Waals surface area contributed by atoms with Crippen LogP contribution in [0.2, 0.25) is 0 Å². The first-order valence-electron chi connectivity index (χ1n) is 8.30. The Hall–Kier alpha value is -3.18. The maximum absolute atomic E-state index is 12.8. The van der Waals surface area contributed by atoms with Gasteiger partial charge in [-0.3, -0.25) is 4.79 Å². The number of amides is 1. The van der Waals surface area contributed by atoms with Gasteiger partial charge in [0.05, 0.1) is 13.7 Å². The Labute approximate surface area is 149 Å². The van der Waals surface area contributed by atoms with Crippen LogP contribution in [0.25, 0.3) is 32.3 Å². The van der Waals surface area contributed by atoms with Gasteiger partial charge in [0.15, 0.2) is 6.04 Å². The lowest BCUT2D eigenvalue weighted by atomic mass is 9.92. The molecule has 5 heteroatoms. The SMILES string of the molecule is COC(=O)C(CO)NC(=O)c1ccc2ccc3cccc4ccc1c2c34. The van der Waals surface area contributed by atoms with E-state index < -0.39 is 24.5 Å². The Bertz CT molecular complexity index is 1120. The number of hydrogen-bond donors (Lipinski definition) is 2.